The molecule has 5 heteroatoms. The molecule has 2 N–H and O–H groups in total. The van der Waals surface area contributed by atoms with Gasteiger partial charge in [0.1, 0.15) is 5.75 Å². The van der Waals surface area contributed by atoms with Crippen molar-refractivity contribution in [3.63, 3.8) is 0 Å². The highest BCUT2D eigenvalue weighted by Gasteiger charge is 2.25. The van der Waals surface area contributed by atoms with Crippen molar-refractivity contribution < 1.29 is 5.11 Å². The maximum absolute atomic E-state index is 9.39. The minimum atomic E-state index is 0.283. The number of hydrogen-bond donors (Lipinski definition) is 2. The number of phenols is 1. The predicted molar refractivity (Wildman–Crippen MR) is 86.5 cm³/mol. The van der Waals surface area contributed by atoms with Crippen LogP contribution in [0.3, 0.4) is 0 Å². The number of anilines is 1. The van der Waals surface area contributed by atoms with Gasteiger partial charge in [-0.15, -0.1) is 0 Å². The van der Waals surface area contributed by atoms with E-state index in [-0.39, 0.29) is 5.75 Å². The molecule has 2 aliphatic heterocycles. The maximum Gasteiger partial charge on any atom is 0.401 e. The third-order valence-electron chi connectivity index (χ3n) is 4.10. The second kappa shape index (κ2) is 6.10. The Kier molecular flexibility index (Phi) is 4.02. The second-order valence-corrected chi connectivity index (χ2v) is 5.74. The van der Waals surface area contributed by atoms with E-state index in [1.165, 1.54) is 19.3 Å². The van der Waals surface area contributed by atoms with Gasteiger partial charge in [-0.05, 0) is 43.5 Å². The molecule has 0 radical (unpaired) electrons. The van der Waals surface area contributed by atoms with E-state index in [4.69, 9.17) is 4.67 Å². The number of aromatic hydroxyl groups is 1. The first-order chi connectivity index (χ1) is 10.2. The van der Waals surface area contributed by atoms with Crippen molar-refractivity contribution in [2.75, 3.05) is 32.0 Å². The fourth-order valence-electron chi connectivity index (χ4n) is 2.84. The molecule has 5 nitrogen and oxygen atoms in total. The van der Waals surface area contributed by atoms with Crippen molar-refractivity contribution in [3.05, 3.63) is 24.3 Å². The minimum absolute atomic E-state index is 0.283. The lowest BCUT2D eigenvalue weighted by Crippen LogP contribution is -2.38. The molecule has 2 saturated heterocycles. The number of likely N-dealkylation sites (tertiary alicyclic amines) is 2. The van der Waals surface area contributed by atoms with Gasteiger partial charge < -0.3 is 10.0 Å². The minimum Gasteiger partial charge on any atom is -0.508 e. The molecule has 0 amide bonds. The lowest BCUT2D eigenvalue weighted by atomic mass is 10.3. The largest absolute Gasteiger partial charge is 0.508 e. The van der Waals surface area contributed by atoms with Crippen LogP contribution in [0.15, 0.2) is 24.3 Å². The molecule has 0 aromatic heterocycles. The van der Waals surface area contributed by atoms with Crippen molar-refractivity contribution in [3.8, 4) is 5.75 Å². The van der Waals surface area contributed by atoms with Crippen molar-refractivity contribution in [1.82, 2.24) is 14.5 Å². The Labute approximate surface area is 125 Å². The molecule has 0 unspecified atom stereocenters. The maximum atomic E-state index is 9.39. The summed E-state index contributed by atoms with van der Waals surface area (Å²) in [4.78, 5) is 4.54. The van der Waals surface area contributed by atoms with Crippen LogP contribution in [0.1, 0.15) is 25.7 Å². The monoisotopic (exact) mass is 287 g/mol. The fourth-order valence-corrected chi connectivity index (χ4v) is 2.84. The molecule has 2 fully saturated rings. The third kappa shape index (κ3) is 3.31. The van der Waals surface area contributed by atoms with Crippen LogP contribution in [0.4, 0.5) is 5.69 Å². The SMILES string of the molecule is CN1CCCC1=[N+]=C(Nc1ccc(O)cc1)N1CCCC1. The highest BCUT2D eigenvalue weighted by Crippen LogP contribution is 2.15. The number of hydrogen-bond acceptors (Lipinski definition) is 1. The van der Waals surface area contributed by atoms with Crippen molar-refractivity contribution in [1.29, 1.82) is 0 Å². The summed E-state index contributed by atoms with van der Waals surface area (Å²) in [5.41, 5.74) is 0.958. The van der Waals surface area contributed by atoms with Gasteiger partial charge in [0.15, 0.2) is 0 Å². The summed E-state index contributed by atoms with van der Waals surface area (Å²) in [5, 5.41) is 12.8. The molecule has 0 saturated carbocycles. The summed E-state index contributed by atoms with van der Waals surface area (Å²) in [6, 6.07) is 7.14. The average Bonchev–Trinajstić information content (AvgIpc) is 3.13. The zero-order valence-electron chi connectivity index (χ0n) is 12.5. The second-order valence-electron chi connectivity index (χ2n) is 5.74. The lowest BCUT2D eigenvalue weighted by Gasteiger charge is -2.13. The van der Waals surface area contributed by atoms with Gasteiger partial charge in [-0.25, -0.2) is 4.67 Å². The third-order valence-corrected chi connectivity index (χ3v) is 4.10. The van der Waals surface area contributed by atoms with Crippen LogP contribution in [-0.4, -0.2) is 53.4 Å². The van der Waals surface area contributed by atoms with Crippen LogP contribution in [-0.2, 0) is 0 Å². The Bertz CT molecular complexity index is 554. The van der Waals surface area contributed by atoms with Crippen LogP contribution in [0.2, 0.25) is 0 Å². The number of rotatable bonds is 1. The first kappa shape index (κ1) is 13.8. The molecule has 2 aliphatic rings. The Hall–Kier alpha value is -2.13. The molecule has 21 heavy (non-hydrogen) atoms. The van der Waals surface area contributed by atoms with Gasteiger partial charge in [0.05, 0.1) is 25.3 Å². The molecule has 1 aromatic rings. The average molecular weight is 287 g/mol. The van der Waals surface area contributed by atoms with Crippen LogP contribution in [0.25, 0.3) is 0 Å². The van der Waals surface area contributed by atoms with Crippen LogP contribution >= 0.6 is 0 Å². The molecule has 2 heterocycles. The summed E-state index contributed by atoms with van der Waals surface area (Å²) in [5.74, 6) is 2.37. The van der Waals surface area contributed by atoms with E-state index in [0.717, 1.165) is 43.5 Å². The zero-order valence-corrected chi connectivity index (χ0v) is 12.5. The Balaban J connectivity index is 1.89. The molecule has 1 aromatic carbocycles. The molecule has 112 valence electrons. The fraction of sp³-hybridized carbons (Fsp3) is 0.500. The van der Waals surface area contributed by atoms with Gasteiger partial charge in [0, 0.05) is 13.5 Å². The zero-order chi connectivity index (χ0) is 14.7. The van der Waals surface area contributed by atoms with Gasteiger partial charge in [-0.2, -0.15) is 0 Å². The van der Waals surface area contributed by atoms with Crippen LogP contribution in [0, 0.1) is 0 Å². The number of guanidine groups is 1. The smallest absolute Gasteiger partial charge is 0.401 e. The molecule has 0 atom stereocenters. The number of amidine groups is 1. The molecule has 0 aliphatic carbocycles. The van der Waals surface area contributed by atoms with E-state index in [2.05, 4.69) is 22.2 Å². The number of phenolic OH excluding ortho intramolecular Hbond substituents is 1. The molecule has 0 spiro atoms. The first-order valence-electron chi connectivity index (χ1n) is 7.69. The lowest BCUT2D eigenvalue weighted by molar-refractivity contribution is 0.475. The number of benzene rings is 1. The van der Waals surface area contributed by atoms with Crippen LogP contribution in [0.5, 0.6) is 5.75 Å². The van der Waals surface area contributed by atoms with Gasteiger partial charge >= 0.3 is 5.96 Å². The van der Waals surface area contributed by atoms with E-state index < -0.39 is 0 Å². The van der Waals surface area contributed by atoms with Crippen molar-refractivity contribution in [2.45, 2.75) is 25.7 Å². The predicted octanol–water partition coefficient (Wildman–Crippen LogP) is 1.45. The van der Waals surface area contributed by atoms with Gasteiger partial charge in [0.2, 0.25) is 0 Å². The Morgan fingerprint density at radius 2 is 1.81 bits per heavy atom. The van der Waals surface area contributed by atoms with E-state index in [9.17, 15) is 5.11 Å². The van der Waals surface area contributed by atoms with Gasteiger partial charge in [0.25, 0.3) is 5.84 Å². The standard InChI is InChI=1S/C16H22N4O/c1-19-10-4-5-15(19)18-16(20-11-2-3-12-20)17-13-6-8-14(21)9-7-13/h6-9,21H,2-5,10-12H2,1H3/p+1. The van der Waals surface area contributed by atoms with E-state index >= 15 is 0 Å². The highest BCUT2D eigenvalue weighted by molar-refractivity contribution is 5.97. The normalized spacial score (nSPS) is 18.0. The first-order valence-corrected chi connectivity index (χ1v) is 7.69. The molecular formula is C16H23N4O+. The quantitative estimate of drug-likeness (QED) is 0.355. The Morgan fingerprint density at radius 1 is 1.10 bits per heavy atom. The van der Waals surface area contributed by atoms with Gasteiger partial charge in [-0.3, -0.25) is 10.2 Å². The molecule has 3 rings (SSSR count). The summed E-state index contributed by atoms with van der Waals surface area (Å²) in [6.07, 6.45) is 4.68. The van der Waals surface area contributed by atoms with Crippen molar-refractivity contribution >= 4 is 17.5 Å². The number of nitrogens with one attached hydrogen (secondary N) is 1. The van der Waals surface area contributed by atoms with E-state index in [1.54, 1.807) is 12.1 Å². The number of nitrogens with zero attached hydrogens (tertiary/aromatic N) is 3. The van der Waals surface area contributed by atoms with Crippen molar-refractivity contribution in [2.24, 2.45) is 0 Å². The Morgan fingerprint density at radius 3 is 2.43 bits per heavy atom. The molecular weight excluding hydrogens is 264 g/mol. The van der Waals surface area contributed by atoms with Crippen LogP contribution < -0.4 is 9.98 Å². The topological polar surface area (TPSA) is 52.8 Å². The molecule has 0 bridgehead atoms. The van der Waals surface area contributed by atoms with E-state index in [1.807, 2.05) is 12.1 Å². The summed E-state index contributed by atoms with van der Waals surface area (Å²) in [6.45, 7) is 3.20. The van der Waals surface area contributed by atoms with E-state index in [0.29, 0.717) is 0 Å². The van der Waals surface area contributed by atoms with Gasteiger partial charge in [-0.1, -0.05) is 0 Å². The summed E-state index contributed by atoms with van der Waals surface area (Å²) in [7, 11) is 2.11. The highest BCUT2D eigenvalue weighted by atomic mass is 16.3. The summed E-state index contributed by atoms with van der Waals surface area (Å²) < 4.78 is 4.87. The summed E-state index contributed by atoms with van der Waals surface area (Å²) >= 11 is 0.